The lowest BCUT2D eigenvalue weighted by Crippen LogP contribution is -2.04. The van der Waals surface area contributed by atoms with Gasteiger partial charge in [-0.2, -0.15) is 0 Å². The van der Waals surface area contributed by atoms with E-state index in [-0.39, 0.29) is 0 Å². The molecule has 110 valence electrons. The van der Waals surface area contributed by atoms with Crippen molar-refractivity contribution in [1.82, 2.24) is 9.97 Å². The van der Waals surface area contributed by atoms with E-state index in [2.05, 4.69) is 39.6 Å². The Morgan fingerprint density at radius 2 is 1.67 bits per heavy atom. The Labute approximate surface area is 126 Å². The second-order valence-corrected chi connectivity index (χ2v) is 5.92. The van der Waals surface area contributed by atoms with Gasteiger partial charge in [-0.1, -0.05) is 37.8 Å². The van der Waals surface area contributed by atoms with E-state index >= 15 is 0 Å². The van der Waals surface area contributed by atoms with Crippen LogP contribution in [0.3, 0.4) is 0 Å². The van der Waals surface area contributed by atoms with Gasteiger partial charge in [0.05, 0.1) is 0 Å². The molecule has 1 aliphatic rings. The van der Waals surface area contributed by atoms with Gasteiger partial charge in [-0.05, 0) is 36.5 Å². The molecule has 1 fully saturated rings. The number of benzene rings is 1. The normalized spacial score (nSPS) is 15.2. The largest absolute Gasteiger partial charge is 0.385 e. The van der Waals surface area contributed by atoms with Crippen LogP contribution in [0.2, 0.25) is 0 Å². The number of hydrogen-bond donors (Lipinski definition) is 1. The Bertz CT molecular complexity index is 530. The van der Waals surface area contributed by atoms with Gasteiger partial charge < -0.3 is 5.32 Å². The lowest BCUT2D eigenvalue weighted by atomic mass is 10.0. The van der Waals surface area contributed by atoms with Crippen LogP contribution in [-0.2, 0) is 0 Å². The molecule has 0 spiro atoms. The summed E-state index contributed by atoms with van der Waals surface area (Å²) in [5.74, 6) is 0.993. The molecule has 0 unspecified atom stereocenters. The van der Waals surface area contributed by atoms with Gasteiger partial charge in [-0.25, -0.2) is 9.97 Å². The van der Waals surface area contributed by atoms with Gasteiger partial charge in [-0.3, -0.25) is 0 Å². The Morgan fingerprint density at radius 1 is 0.952 bits per heavy atom. The van der Waals surface area contributed by atoms with Crippen molar-refractivity contribution in [2.45, 2.75) is 38.5 Å². The number of anilines is 1. The molecule has 0 saturated heterocycles. The first-order chi connectivity index (χ1) is 10.4. The summed E-state index contributed by atoms with van der Waals surface area (Å²) in [5, 5.41) is 3.52. The van der Waals surface area contributed by atoms with Crippen LogP contribution in [0, 0.1) is 5.92 Å². The molecule has 1 aromatic carbocycles. The van der Waals surface area contributed by atoms with Gasteiger partial charge in [0.1, 0.15) is 6.33 Å². The monoisotopic (exact) mass is 281 g/mol. The van der Waals surface area contributed by atoms with Crippen molar-refractivity contribution in [3.8, 4) is 11.1 Å². The number of hydrogen-bond acceptors (Lipinski definition) is 3. The molecule has 1 N–H and O–H groups in total. The van der Waals surface area contributed by atoms with Crippen LogP contribution in [0.1, 0.15) is 38.5 Å². The van der Waals surface area contributed by atoms with Crippen molar-refractivity contribution in [2.75, 3.05) is 11.9 Å². The Kier molecular flexibility index (Phi) is 4.82. The van der Waals surface area contributed by atoms with Crippen molar-refractivity contribution >= 4 is 5.69 Å². The molecule has 3 nitrogen and oxygen atoms in total. The molecule has 0 atom stereocenters. The fourth-order valence-electron chi connectivity index (χ4n) is 3.15. The van der Waals surface area contributed by atoms with E-state index in [0.717, 1.165) is 23.6 Å². The van der Waals surface area contributed by atoms with E-state index < -0.39 is 0 Å². The Morgan fingerprint density at radius 3 is 2.38 bits per heavy atom. The van der Waals surface area contributed by atoms with E-state index in [1.807, 2.05) is 12.4 Å². The van der Waals surface area contributed by atoms with Crippen LogP contribution >= 0.6 is 0 Å². The van der Waals surface area contributed by atoms with Crippen LogP contribution in [0.5, 0.6) is 0 Å². The highest BCUT2D eigenvalue weighted by Crippen LogP contribution is 2.28. The van der Waals surface area contributed by atoms with Crippen LogP contribution in [0.25, 0.3) is 11.1 Å². The number of nitrogens with zero attached hydrogens (tertiary/aromatic N) is 2. The van der Waals surface area contributed by atoms with E-state index in [1.54, 1.807) is 6.33 Å². The second kappa shape index (κ2) is 7.21. The van der Waals surface area contributed by atoms with Gasteiger partial charge in [0.2, 0.25) is 0 Å². The summed E-state index contributed by atoms with van der Waals surface area (Å²) in [7, 11) is 0. The first kappa shape index (κ1) is 14.1. The molecule has 2 aromatic rings. The zero-order valence-electron chi connectivity index (χ0n) is 12.5. The minimum absolute atomic E-state index is 0.993. The summed E-state index contributed by atoms with van der Waals surface area (Å²) in [5.41, 5.74) is 3.42. The highest BCUT2D eigenvalue weighted by molar-refractivity contribution is 5.64. The molecule has 3 heteroatoms. The number of nitrogens with one attached hydrogen (secondary N) is 1. The van der Waals surface area contributed by atoms with Crippen LogP contribution in [0.4, 0.5) is 5.69 Å². The van der Waals surface area contributed by atoms with Gasteiger partial charge >= 0.3 is 0 Å². The summed E-state index contributed by atoms with van der Waals surface area (Å²) in [4.78, 5) is 8.11. The third-order valence-electron chi connectivity index (χ3n) is 4.37. The summed E-state index contributed by atoms with van der Waals surface area (Å²) in [6, 6.07) is 8.52. The molecular weight excluding hydrogens is 258 g/mol. The molecule has 1 aliphatic carbocycles. The summed E-state index contributed by atoms with van der Waals surface area (Å²) in [6.07, 6.45) is 13.7. The van der Waals surface area contributed by atoms with Gasteiger partial charge in [-0.15, -0.1) is 0 Å². The average Bonchev–Trinajstić information content (AvgIpc) is 3.06. The smallest absolute Gasteiger partial charge is 0.115 e. The summed E-state index contributed by atoms with van der Waals surface area (Å²) in [6.45, 7) is 1.07. The number of rotatable bonds is 6. The lowest BCUT2D eigenvalue weighted by Gasteiger charge is -2.10. The Balaban J connectivity index is 1.46. The second-order valence-electron chi connectivity index (χ2n) is 5.92. The zero-order chi connectivity index (χ0) is 14.3. The third-order valence-corrected chi connectivity index (χ3v) is 4.37. The molecule has 1 aromatic heterocycles. The van der Waals surface area contributed by atoms with E-state index in [9.17, 15) is 0 Å². The minimum atomic E-state index is 0.993. The topological polar surface area (TPSA) is 37.8 Å². The standard InChI is InChI=1S/C18H23N3/c1-2-5-15(4-1)6-3-11-21-18-9-7-16(8-10-18)17-12-19-14-20-13-17/h7-10,12-15,21H,1-6,11H2. The third kappa shape index (κ3) is 4.03. The molecule has 1 heterocycles. The van der Waals surface area contributed by atoms with Crippen LogP contribution in [0.15, 0.2) is 43.0 Å². The predicted molar refractivity (Wildman–Crippen MR) is 87.1 cm³/mol. The fourth-order valence-corrected chi connectivity index (χ4v) is 3.15. The van der Waals surface area contributed by atoms with Gasteiger partial charge in [0.25, 0.3) is 0 Å². The minimum Gasteiger partial charge on any atom is -0.385 e. The van der Waals surface area contributed by atoms with Crippen molar-refractivity contribution in [3.05, 3.63) is 43.0 Å². The summed E-state index contributed by atoms with van der Waals surface area (Å²) < 4.78 is 0. The maximum Gasteiger partial charge on any atom is 0.115 e. The quantitative estimate of drug-likeness (QED) is 0.791. The van der Waals surface area contributed by atoms with Crippen molar-refractivity contribution in [3.63, 3.8) is 0 Å². The maximum atomic E-state index is 4.06. The molecule has 0 bridgehead atoms. The molecular formula is C18H23N3. The molecule has 0 radical (unpaired) electrons. The van der Waals surface area contributed by atoms with Gasteiger partial charge in [0.15, 0.2) is 0 Å². The molecule has 0 amide bonds. The SMILES string of the molecule is c1ncc(-c2ccc(NCCCC3CCCC3)cc2)cn1. The molecule has 3 rings (SSSR count). The number of aromatic nitrogens is 2. The van der Waals surface area contributed by atoms with Crippen molar-refractivity contribution in [1.29, 1.82) is 0 Å². The van der Waals surface area contributed by atoms with Crippen molar-refractivity contribution in [2.24, 2.45) is 5.92 Å². The summed E-state index contributed by atoms with van der Waals surface area (Å²) >= 11 is 0. The lowest BCUT2D eigenvalue weighted by molar-refractivity contribution is 0.491. The predicted octanol–water partition coefficient (Wildman–Crippen LogP) is 4.53. The van der Waals surface area contributed by atoms with Gasteiger partial charge in [0, 0.05) is 30.2 Å². The van der Waals surface area contributed by atoms with E-state index in [0.29, 0.717) is 0 Å². The average molecular weight is 281 g/mol. The highest BCUT2D eigenvalue weighted by atomic mass is 14.9. The van der Waals surface area contributed by atoms with Crippen LogP contribution < -0.4 is 5.32 Å². The van der Waals surface area contributed by atoms with Crippen molar-refractivity contribution < 1.29 is 0 Å². The fraction of sp³-hybridized carbons (Fsp3) is 0.444. The zero-order valence-corrected chi connectivity index (χ0v) is 12.5. The Hall–Kier alpha value is -1.90. The highest BCUT2D eigenvalue weighted by Gasteiger charge is 2.13. The molecule has 21 heavy (non-hydrogen) atoms. The first-order valence-electron chi connectivity index (χ1n) is 8.01. The maximum absolute atomic E-state index is 4.06. The molecule has 1 saturated carbocycles. The van der Waals surface area contributed by atoms with E-state index in [4.69, 9.17) is 0 Å². The van der Waals surface area contributed by atoms with Crippen LogP contribution in [-0.4, -0.2) is 16.5 Å². The van der Waals surface area contributed by atoms with E-state index in [1.165, 1.54) is 44.2 Å². The molecule has 0 aliphatic heterocycles. The first-order valence-corrected chi connectivity index (χ1v) is 8.01.